The molecule has 0 aliphatic heterocycles. The van der Waals surface area contributed by atoms with E-state index in [9.17, 15) is 10.2 Å². The first-order chi connectivity index (χ1) is 20.4. The van der Waals surface area contributed by atoms with Crippen LogP contribution in [0, 0.1) is 5.41 Å². The number of nitrogen functional groups attached to an aromatic ring is 1. The maximum absolute atomic E-state index is 11.4. The molecule has 2 aromatic carbocycles. The fraction of sp³-hybridized carbons (Fsp3) is 0.394. The van der Waals surface area contributed by atoms with Crippen molar-refractivity contribution in [1.82, 2.24) is 30.2 Å². The molecule has 8 rings (SSSR count). The van der Waals surface area contributed by atoms with E-state index in [1.54, 1.807) is 12.1 Å². The number of hydrogen-bond acceptors (Lipinski definition) is 7. The van der Waals surface area contributed by atoms with E-state index in [4.69, 9.17) is 5.73 Å². The van der Waals surface area contributed by atoms with Crippen LogP contribution >= 0.6 is 0 Å². The molecule has 42 heavy (non-hydrogen) atoms. The molecule has 5 aromatic rings. The molecule has 3 heterocycles. The van der Waals surface area contributed by atoms with Crippen LogP contribution in [0.2, 0.25) is 0 Å². The molecule has 5 N–H and O–H groups in total. The number of nitrogens with zero attached hydrogens (tertiary/aromatic N) is 5. The Bertz CT molecular complexity index is 1690. The van der Waals surface area contributed by atoms with Crippen molar-refractivity contribution in [2.24, 2.45) is 5.41 Å². The Labute approximate surface area is 244 Å². The Kier molecular flexibility index (Phi) is 6.69. The number of aromatic hydroxyl groups is 1. The van der Waals surface area contributed by atoms with Gasteiger partial charge in [0.05, 0.1) is 18.8 Å². The number of aromatic amines is 1. The zero-order valence-corrected chi connectivity index (χ0v) is 23.7. The zero-order chi connectivity index (χ0) is 28.7. The van der Waals surface area contributed by atoms with Gasteiger partial charge in [-0.25, -0.2) is 4.98 Å². The largest absolute Gasteiger partial charge is 0.508 e. The van der Waals surface area contributed by atoms with Gasteiger partial charge in [-0.3, -0.25) is 4.68 Å². The van der Waals surface area contributed by atoms with E-state index in [-0.39, 0.29) is 28.6 Å². The maximum Gasteiger partial charge on any atom is 0.203 e. The van der Waals surface area contributed by atoms with Crippen LogP contribution in [0.3, 0.4) is 0 Å². The lowest BCUT2D eigenvalue weighted by atomic mass is 9.49. The minimum absolute atomic E-state index is 0.0118. The standard InChI is InChI=1S/C33H37N7O2/c34-29-17-27(30-31(36-29)38-39-37-30)26(23-19-35-40(21-23)20-22-6-4-9-25(41)16-22)10-5-11-32-12-14-33(15-13-32,28(42)18-32)24-7-2-1-3-8-24/h1-4,6-9,16-17,19,21,26,28,41-42H,5,10-15,18,20H2,(H3,34,36,37,38,39)/t26?,28-,32?,33?/m1/s1. The van der Waals surface area contributed by atoms with E-state index in [1.807, 2.05) is 29.1 Å². The predicted octanol–water partition coefficient (Wildman–Crippen LogP) is 5.45. The van der Waals surface area contributed by atoms with Crippen LogP contribution in [0.15, 0.2) is 73.1 Å². The van der Waals surface area contributed by atoms with E-state index in [1.165, 1.54) is 5.56 Å². The quantitative estimate of drug-likeness (QED) is 0.187. The van der Waals surface area contributed by atoms with Crippen molar-refractivity contribution in [1.29, 1.82) is 0 Å². The summed E-state index contributed by atoms with van der Waals surface area (Å²) in [5.41, 5.74) is 11.9. The van der Waals surface area contributed by atoms with Gasteiger partial charge in [-0.05, 0) is 90.8 Å². The van der Waals surface area contributed by atoms with E-state index < -0.39 is 0 Å². The van der Waals surface area contributed by atoms with Crippen LogP contribution in [-0.4, -0.2) is 46.5 Å². The highest BCUT2D eigenvalue weighted by Crippen LogP contribution is 2.59. The highest BCUT2D eigenvalue weighted by molar-refractivity contribution is 5.77. The van der Waals surface area contributed by atoms with Crippen molar-refractivity contribution in [3.63, 3.8) is 0 Å². The highest BCUT2D eigenvalue weighted by Gasteiger charge is 2.54. The summed E-state index contributed by atoms with van der Waals surface area (Å²) in [6, 6.07) is 19.8. The number of aromatic nitrogens is 6. The summed E-state index contributed by atoms with van der Waals surface area (Å²) in [5, 5.41) is 37.4. The van der Waals surface area contributed by atoms with Crippen molar-refractivity contribution in [2.75, 3.05) is 5.73 Å². The SMILES string of the molecule is Nc1cc(C(CCCC23CCC(c4ccccc4)(CC2)[C@H](O)C3)c2cnn(Cc3cccc(O)c3)c2)c2n[nH]nc2n1. The number of phenolic OH excluding ortho intramolecular Hbond substituents is 1. The summed E-state index contributed by atoms with van der Waals surface area (Å²) in [7, 11) is 0. The van der Waals surface area contributed by atoms with Gasteiger partial charge in [0, 0.05) is 17.5 Å². The average molecular weight is 564 g/mol. The lowest BCUT2D eigenvalue weighted by molar-refractivity contribution is -0.0779. The first-order valence-corrected chi connectivity index (χ1v) is 14.9. The van der Waals surface area contributed by atoms with Crippen LogP contribution in [-0.2, 0) is 12.0 Å². The molecule has 3 saturated carbocycles. The topological polar surface area (TPSA) is 139 Å². The maximum atomic E-state index is 11.4. The molecule has 9 heteroatoms. The van der Waals surface area contributed by atoms with Crippen molar-refractivity contribution in [2.45, 2.75) is 75.3 Å². The normalized spacial score (nSPS) is 24.3. The summed E-state index contributed by atoms with van der Waals surface area (Å²) >= 11 is 0. The number of pyridine rings is 1. The van der Waals surface area contributed by atoms with Gasteiger partial charge in [0.1, 0.15) is 17.1 Å². The lowest BCUT2D eigenvalue weighted by Gasteiger charge is -2.57. The van der Waals surface area contributed by atoms with Gasteiger partial charge < -0.3 is 15.9 Å². The minimum atomic E-state index is -0.302. The first-order valence-electron chi connectivity index (χ1n) is 14.9. The number of benzene rings is 2. The molecule has 216 valence electrons. The minimum Gasteiger partial charge on any atom is -0.508 e. The molecule has 9 nitrogen and oxygen atoms in total. The fourth-order valence-corrected chi connectivity index (χ4v) is 7.79. The number of nitrogens with one attached hydrogen (secondary N) is 1. The number of fused-ring (bicyclic) bond motifs is 4. The molecule has 1 unspecified atom stereocenters. The van der Waals surface area contributed by atoms with Crippen molar-refractivity contribution in [3.05, 3.63) is 95.3 Å². The number of anilines is 1. The fourth-order valence-electron chi connectivity index (χ4n) is 7.79. The van der Waals surface area contributed by atoms with Crippen LogP contribution in [0.5, 0.6) is 5.75 Å². The summed E-state index contributed by atoms with van der Waals surface area (Å²) < 4.78 is 1.90. The van der Waals surface area contributed by atoms with Crippen molar-refractivity contribution in [3.8, 4) is 5.75 Å². The Balaban J connectivity index is 1.12. The molecule has 0 saturated heterocycles. The van der Waals surface area contributed by atoms with Crippen LogP contribution in [0.1, 0.15) is 79.5 Å². The summed E-state index contributed by atoms with van der Waals surface area (Å²) in [4.78, 5) is 4.37. The number of nitrogens with two attached hydrogens (primary N) is 1. The van der Waals surface area contributed by atoms with Crippen molar-refractivity contribution >= 4 is 17.0 Å². The lowest BCUT2D eigenvalue weighted by Crippen LogP contribution is -2.53. The van der Waals surface area contributed by atoms with Gasteiger partial charge in [-0.1, -0.05) is 48.9 Å². The third-order valence-corrected chi connectivity index (χ3v) is 10.0. The second-order valence-corrected chi connectivity index (χ2v) is 12.5. The van der Waals surface area contributed by atoms with E-state index in [2.05, 4.69) is 62.0 Å². The molecular weight excluding hydrogens is 526 g/mol. The first kappa shape index (κ1) is 26.6. The molecule has 3 aliphatic rings. The second kappa shape index (κ2) is 10.5. The summed E-state index contributed by atoms with van der Waals surface area (Å²) in [5.74, 6) is 0.675. The van der Waals surface area contributed by atoms with Crippen molar-refractivity contribution < 1.29 is 10.2 Å². The Hall–Kier alpha value is -4.24. The molecule has 3 fully saturated rings. The number of aliphatic hydroxyl groups excluding tert-OH is 1. The molecule has 3 aromatic heterocycles. The van der Waals surface area contributed by atoms with Crippen LogP contribution in [0.25, 0.3) is 11.2 Å². The predicted molar refractivity (Wildman–Crippen MR) is 161 cm³/mol. The summed E-state index contributed by atoms with van der Waals surface area (Å²) in [6.45, 7) is 0.559. The molecule has 0 amide bonds. The zero-order valence-electron chi connectivity index (χ0n) is 23.7. The van der Waals surface area contributed by atoms with Gasteiger partial charge in [0.15, 0.2) is 0 Å². The Morgan fingerprint density at radius 1 is 1.02 bits per heavy atom. The number of rotatable bonds is 9. The van der Waals surface area contributed by atoms with Gasteiger partial charge in [-0.2, -0.15) is 15.4 Å². The molecular formula is C33H37N7O2. The number of phenols is 1. The van der Waals surface area contributed by atoms with E-state index in [0.717, 1.165) is 73.6 Å². The average Bonchev–Trinajstić information content (AvgIpc) is 3.66. The Morgan fingerprint density at radius 3 is 2.64 bits per heavy atom. The molecule has 2 bridgehead atoms. The monoisotopic (exact) mass is 563 g/mol. The van der Waals surface area contributed by atoms with Gasteiger partial charge in [0.2, 0.25) is 5.65 Å². The molecule has 0 spiro atoms. The number of hydrogen-bond donors (Lipinski definition) is 4. The molecule has 0 radical (unpaired) electrons. The van der Waals surface area contributed by atoms with Gasteiger partial charge in [0.25, 0.3) is 0 Å². The van der Waals surface area contributed by atoms with Crippen LogP contribution in [0.4, 0.5) is 5.82 Å². The van der Waals surface area contributed by atoms with E-state index in [0.29, 0.717) is 18.0 Å². The molecule has 3 aliphatic carbocycles. The van der Waals surface area contributed by atoms with Gasteiger partial charge in [-0.15, -0.1) is 5.10 Å². The van der Waals surface area contributed by atoms with E-state index >= 15 is 0 Å². The van der Waals surface area contributed by atoms with Gasteiger partial charge >= 0.3 is 0 Å². The second-order valence-electron chi connectivity index (χ2n) is 12.5. The number of aliphatic hydroxyl groups is 1. The number of H-pyrrole nitrogens is 1. The summed E-state index contributed by atoms with van der Waals surface area (Å²) in [6.07, 6.45) is 11.9. The third kappa shape index (κ3) is 4.81. The third-order valence-electron chi connectivity index (χ3n) is 10.0. The van der Waals surface area contributed by atoms with Crippen LogP contribution < -0.4 is 5.73 Å². The molecule has 2 atom stereocenters. The highest BCUT2D eigenvalue weighted by atomic mass is 16.3. The smallest absolute Gasteiger partial charge is 0.203 e. The Morgan fingerprint density at radius 2 is 1.86 bits per heavy atom.